The van der Waals surface area contributed by atoms with Crippen molar-refractivity contribution in [1.82, 2.24) is 9.97 Å². The summed E-state index contributed by atoms with van der Waals surface area (Å²) in [6.45, 7) is 3.45. The zero-order chi connectivity index (χ0) is 8.81. The van der Waals surface area contributed by atoms with Gasteiger partial charge in [0.1, 0.15) is 12.1 Å². The molecule has 1 aromatic heterocycles. The van der Waals surface area contributed by atoms with Gasteiger partial charge in [-0.3, -0.25) is 0 Å². The Labute approximate surface area is 72.2 Å². The highest BCUT2D eigenvalue weighted by Crippen LogP contribution is 2.09. The quantitative estimate of drug-likeness (QED) is 0.680. The van der Waals surface area contributed by atoms with E-state index in [4.69, 9.17) is 5.73 Å². The van der Waals surface area contributed by atoms with Crippen molar-refractivity contribution < 1.29 is 0 Å². The maximum absolute atomic E-state index is 5.36. The Hall–Kier alpha value is -1.16. The van der Waals surface area contributed by atoms with E-state index in [-0.39, 0.29) is 0 Å². The van der Waals surface area contributed by atoms with Crippen LogP contribution in [0.15, 0.2) is 12.5 Å². The Kier molecular flexibility index (Phi) is 3.47. The minimum absolute atomic E-state index is 0.618. The fourth-order valence-corrected chi connectivity index (χ4v) is 0.967. The van der Waals surface area contributed by atoms with Gasteiger partial charge in [0.25, 0.3) is 0 Å². The summed E-state index contributed by atoms with van der Waals surface area (Å²) < 4.78 is 0. The van der Waals surface area contributed by atoms with Gasteiger partial charge in [-0.25, -0.2) is 9.97 Å². The van der Waals surface area contributed by atoms with Crippen LogP contribution in [0, 0.1) is 0 Å². The molecule has 0 unspecified atom stereocenters. The molecule has 0 atom stereocenters. The van der Waals surface area contributed by atoms with Crippen molar-refractivity contribution in [1.29, 1.82) is 0 Å². The predicted octanol–water partition coefficient (Wildman–Crippen LogP) is 0.410. The summed E-state index contributed by atoms with van der Waals surface area (Å²) >= 11 is 0. The lowest BCUT2D eigenvalue weighted by molar-refractivity contribution is 0.977. The van der Waals surface area contributed by atoms with Crippen molar-refractivity contribution >= 4 is 5.82 Å². The van der Waals surface area contributed by atoms with Gasteiger partial charge in [-0.15, -0.1) is 0 Å². The number of aryl methyl sites for hydroxylation is 1. The van der Waals surface area contributed by atoms with Crippen LogP contribution in [0.1, 0.15) is 12.5 Å². The van der Waals surface area contributed by atoms with E-state index >= 15 is 0 Å². The molecule has 66 valence electrons. The molecule has 0 aliphatic rings. The second-order valence-electron chi connectivity index (χ2n) is 2.47. The van der Waals surface area contributed by atoms with Crippen molar-refractivity contribution in [2.75, 3.05) is 18.4 Å². The first kappa shape index (κ1) is 8.93. The van der Waals surface area contributed by atoms with Gasteiger partial charge in [0.05, 0.1) is 0 Å². The first-order chi connectivity index (χ1) is 5.88. The highest BCUT2D eigenvalue weighted by atomic mass is 15.0. The highest BCUT2D eigenvalue weighted by Gasteiger charge is 1.98. The van der Waals surface area contributed by atoms with Crippen LogP contribution in [-0.4, -0.2) is 23.1 Å². The van der Waals surface area contributed by atoms with Gasteiger partial charge in [0, 0.05) is 24.8 Å². The first-order valence-corrected chi connectivity index (χ1v) is 4.11. The lowest BCUT2D eigenvalue weighted by atomic mass is 10.2. The lowest BCUT2D eigenvalue weighted by Gasteiger charge is -2.06. The van der Waals surface area contributed by atoms with Crippen molar-refractivity contribution in [2.45, 2.75) is 13.3 Å². The van der Waals surface area contributed by atoms with E-state index in [0.717, 1.165) is 24.3 Å². The Morgan fingerprint density at radius 1 is 1.58 bits per heavy atom. The zero-order valence-electron chi connectivity index (χ0n) is 7.25. The second-order valence-corrected chi connectivity index (χ2v) is 2.47. The number of aromatic nitrogens is 2. The first-order valence-electron chi connectivity index (χ1n) is 4.11. The molecule has 0 spiro atoms. The molecular formula is C8H14N4. The van der Waals surface area contributed by atoms with E-state index in [9.17, 15) is 0 Å². The fourth-order valence-electron chi connectivity index (χ4n) is 0.967. The average molecular weight is 166 g/mol. The van der Waals surface area contributed by atoms with Gasteiger partial charge >= 0.3 is 0 Å². The third-order valence-corrected chi connectivity index (χ3v) is 1.61. The fraction of sp³-hybridized carbons (Fsp3) is 0.500. The maximum atomic E-state index is 5.36. The van der Waals surface area contributed by atoms with E-state index in [0.29, 0.717) is 6.54 Å². The Morgan fingerprint density at radius 2 is 2.42 bits per heavy atom. The van der Waals surface area contributed by atoms with Gasteiger partial charge in [-0.2, -0.15) is 0 Å². The van der Waals surface area contributed by atoms with Crippen LogP contribution in [0.3, 0.4) is 0 Å². The summed E-state index contributed by atoms with van der Waals surface area (Å²) in [6.07, 6.45) is 4.30. The maximum Gasteiger partial charge on any atom is 0.132 e. The van der Waals surface area contributed by atoms with Gasteiger partial charge in [0.2, 0.25) is 0 Å². The molecule has 0 radical (unpaired) electrons. The average Bonchev–Trinajstić information content (AvgIpc) is 2.15. The molecular weight excluding hydrogens is 152 g/mol. The zero-order valence-corrected chi connectivity index (χ0v) is 7.25. The summed E-state index contributed by atoms with van der Waals surface area (Å²) in [5.74, 6) is 0.901. The molecule has 0 saturated heterocycles. The van der Waals surface area contributed by atoms with E-state index < -0.39 is 0 Å². The van der Waals surface area contributed by atoms with E-state index in [1.807, 2.05) is 6.20 Å². The molecule has 4 heteroatoms. The van der Waals surface area contributed by atoms with Crippen molar-refractivity contribution in [2.24, 2.45) is 5.73 Å². The van der Waals surface area contributed by atoms with Crippen molar-refractivity contribution in [3.8, 4) is 0 Å². The summed E-state index contributed by atoms with van der Waals surface area (Å²) in [5.41, 5.74) is 6.49. The van der Waals surface area contributed by atoms with Gasteiger partial charge in [0.15, 0.2) is 0 Å². The normalized spacial score (nSPS) is 9.83. The second kappa shape index (κ2) is 4.66. The van der Waals surface area contributed by atoms with Crippen LogP contribution in [0.25, 0.3) is 0 Å². The molecule has 0 bridgehead atoms. The summed E-state index contributed by atoms with van der Waals surface area (Å²) in [6, 6.07) is 0. The van der Waals surface area contributed by atoms with Crippen LogP contribution in [0.5, 0.6) is 0 Å². The predicted molar refractivity (Wildman–Crippen MR) is 49.0 cm³/mol. The number of hydrogen-bond donors (Lipinski definition) is 2. The Morgan fingerprint density at radius 3 is 3.08 bits per heavy atom. The van der Waals surface area contributed by atoms with Crippen LogP contribution in [0.2, 0.25) is 0 Å². The van der Waals surface area contributed by atoms with E-state index in [1.165, 1.54) is 6.33 Å². The van der Waals surface area contributed by atoms with Gasteiger partial charge < -0.3 is 11.1 Å². The van der Waals surface area contributed by atoms with Crippen LogP contribution >= 0.6 is 0 Å². The third-order valence-electron chi connectivity index (χ3n) is 1.61. The monoisotopic (exact) mass is 166 g/mol. The Balaban J connectivity index is 2.68. The molecule has 12 heavy (non-hydrogen) atoms. The molecule has 0 aromatic carbocycles. The summed E-state index contributed by atoms with van der Waals surface area (Å²) in [5, 5.41) is 3.14. The molecule has 0 saturated carbocycles. The molecule has 4 nitrogen and oxygen atoms in total. The number of nitrogens with zero attached hydrogens (tertiary/aromatic N) is 2. The van der Waals surface area contributed by atoms with Crippen LogP contribution < -0.4 is 11.1 Å². The highest BCUT2D eigenvalue weighted by molar-refractivity contribution is 5.41. The minimum atomic E-state index is 0.618. The lowest BCUT2D eigenvalue weighted by Crippen LogP contribution is -2.15. The van der Waals surface area contributed by atoms with Crippen molar-refractivity contribution in [3.63, 3.8) is 0 Å². The van der Waals surface area contributed by atoms with Crippen LogP contribution in [0.4, 0.5) is 5.82 Å². The smallest absolute Gasteiger partial charge is 0.132 e. The SMILES string of the molecule is CCc1cncnc1NCCN. The molecule has 0 fully saturated rings. The molecule has 1 rings (SSSR count). The topological polar surface area (TPSA) is 63.8 Å². The molecule has 0 aliphatic heterocycles. The third kappa shape index (κ3) is 2.17. The molecule has 0 aliphatic carbocycles. The summed E-state index contributed by atoms with van der Waals surface area (Å²) in [7, 11) is 0. The van der Waals surface area contributed by atoms with Crippen molar-refractivity contribution in [3.05, 3.63) is 18.1 Å². The number of anilines is 1. The van der Waals surface area contributed by atoms with E-state index in [2.05, 4.69) is 22.2 Å². The number of nitrogens with two attached hydrogens (primary N) is 1. The number of nitrogens with one attached hydrogen (secondary N) is 1. The standard InChI is InChI=1S/C8H14N4/c1-2-7-5-10-6-12-8(7)11-4-3-9/h5-6H,2-4,9H2,1H3,(H,10,11,12). The van der Waals surface area contributed by atoms with Crippen LogP contribution in [-0.2, 0) is 6.42 Å². The van der Waals surface area contributed by atoms with E-state index in [1.54, 1.807) is 0 Å². The van der Waals surface area contributed by atoms with Gasteiger partial charge in [-0.1, -0.05) is 6.92 Å². The molecule has 1 heterocycles. The number of hydrogen-bond acceptors (Lipinski definition) is 4. The van der Waals surface area contributed by atoms with Gasteiger partial charge in [-0.05, 0) is 6.42 Å². The molecule has 0 amide bonds. The molecule has 3 N–H and O–H groups in total. The minimum Gasteiger partial charge on any atom is -0.368 e. The molecule has 1 aromatic rings. The summed E-state index contributed by atoms with van der Waals surface area (Å²) in [4.78, 5) is 8.05. The largest absolute Gasteiger partial charge is 0.368 e. The number of rotatable bonds is 4. The Bertz CT molecular complexity index is 236.